The number of amides is 1. The Kier molecular flexibility index (Phi) is 7.98. The summed E-state index contributed by atoms with van der Waals surface area (Å²) in [6.45, 7) is 10.7. The molecule has 0 spiro atoms. The van der Waals surface area contributed by atoms with Gasteiger partial charge in [0.2, 0.25) is 0 Å². The van der Waals surface area contributed by atoms with Crippen LogP contribution in [0.3, 0.4) is 0 Å². The second-order valence-corrected chi connectivity index (χ2v) is 9.36. The van der Waals surface area contributed by atoms with Crippen LogP contribution >= 0.6 is 0 Å². The van der Waals surface area contributed by atoms with Crippen LogP contribution in [0.25, 0.3) is 0 Å². The maximum absolute atomic E-state index is 12.9. The van der Waals surface area contributed by atoms with Crippen LogP contribution in [0, 0.1) is 0 Å². The third-order valence-corrected chi connectivity index (χ3v) is 6.80. The first-order valence-electron chi connectivity index (χ1n) is 12.1. The van der Waals surface area contributed by atoms with Gasteiger partial charge in [-0.3, -0.25) is 14.6 Å². The first kappa shape index (κ1) is 24.4. The highest BCUT2D eigenvalue weighted by atomic mass is 16.5. The van der Waals surface area contributed by atoms with Crippen molar-refractivity contribution >= 4 is 11.9 Å². The number of carbonyl (C=O) groups is 2. The molecule has 2 heterocycles. The summed E-state index contributed by atoms with van der Waals surface area (Å²) in [7, 11) is 1.40. The zero-order valence-corrected chi connectivity index (χ0v) is 20.4. The smallest absolute Gasteiger partial charge is 0.337 e. The Bertz CT molecular complexity index is 976. The molecule has 34 heavy (non-hydrogen) atoms. The quantitative estimate of drug-likeness (QED) is 0.611. The second kappa shape index (κ2) is 11.1. The Balaban J connectivity index is 1.36. The summed E-state index contributed by atoms with van der Waals surface area (Å²) in [6.07, 6.45) is 0. The van der Waals surface area contributed by atoms with Gasteiger partial charge in [-0.05, 0) is 49.2 Å². The van der Waals surface area contributed by atoms with E-state index in [2.05, 4.69) is 29.7 Å². The molecule has 0 aliphatic carbocycles. The number of ether oxygens (including phenoxy) is 2. The lowest BCUT2D eigenvalue weighted by atomic mass is 10.0. The van der Waals surface area contributed by atoms with Gasteiger partial charge in [-0.25, -0.2) is 4.79 Å². The van der Waals surface area contributed by atoms with Crippen LogP contribution < -0.4 is 0 Å². The average Bonchev–Trinajstić information content (AvgIpc) is 2.86. The van der Waals surface area contributed by atoms with E-state index in [1.54, 1.807) is 0 Å². The third kappa shape index (κ3) is 5.84. The van der Waals surface area contributed by atoms with Gasteiger partial charge in [0.05, 0.1) is 25.9 Å². The highest BCUT2D eigenvalue weighted by Gasteiger charge is 2.29. The maximum atomic E-state index is 12.9. The zero-order valence-electron chi connectivity index (χ0n) is 20.4. The van der Waals surface area contributed by atoms with E-state index < -0.39 is 0 Å². The van der Waals surface area contributed by atoms with Crippen molar-refractivity contribution in [2.45, 2.75) is 39.0 Å². The van der Waals surface area contributed by atoms with Crippen molar-refractivity contribution in [3.8, 4) is 0 Å². The Morgan fingerprint density at radius 1 is 0.912 bits per heavy atom. The first-order valence-corrected chi connectivity index (χ1v) is 12.1. The molecule has 182 valence electrons. The Hall–Kier alpha value is -2.74. The molecule has 2 aliphatic heterocycles. The van der Waals surface area contributed by atoms with E-state index in [0.717, 1.165) is 31.7 Å². The third-order valence-electron chi connectivity index (χ3n) is 6.80. The Morgan fingerprint density at radius 3 is 2.24 bits per heavy atom. The van der Waals surface area contributed by atoms with Gasteiger partial charge >= 0.3 is 5.97 Å². The second-order valence-electron chi connectivity index (χ2n) is 9.36. The average molecular weight is 466 g/mol. The van der Waals surface area contributed by atoms with Crippen LogP contribution in [0.4, 0.5) is 0 Å². The van der Waals surface area contributed by atoms with Crippen LogP contribution in [0.2, 0.25) is 0 Å². The molecule has 1 amide bonds. The lowest BCUT2D eigenvalue weighted by molar-refractivity contribution is 0.0286. The fraction of sp³-hybridized carbons (Fsp3) is 0.481. The van der Waals surface area contributed by atoms with Crippen LogP contribution in [0.5, 0.6) is 0 Å². The summed E-state index contributed by atoms with van der Waals surface area (Å²) >= 11 is 0. The predicted octanol–water partition coefficient (Wildman–Crippen LogP) is 3.04. The van der Waals surface area contributed by atoms with Crippen LogP contribution in [-0.2, 0) is 22.6 Å². The number of morpholine rings is 1. The topological polar surface area (TPSA) is 62.3 Å². The van der Waals surface area contributed by atoms with Crippen molar-refractivity contribution in [3.05, 3.63) is 70.8 Å². The van der Waals surface area contributed by atoms with E-state index in [4.69, 9.17) is 9.47 Å². The number of rotatable bonds is 6. The number of hydrogen-bond acceptors (Lipinski definition) is 6. The van der Waals surface area contributed by atoms with Gasteiger partial charge in [0.25, 0.3) is 5.91 Å². The molecule has 0 saturated carbocycles. The molecule has 2 saturated heterocycles. The number of benzene rings is 2. The molecule has 2 fully saturated rings. The highest BCUT2D eigenvalue weighted by molar-refractivity contribution is 5.94. The SMILES string of the molecule is COC(=O)c1ccc(CN2C[C@@H](C)N(Cc3cccc(C(=O)N4CCOCC4)c3)[C@@H](C)C2)cc1. The molecule has 0 unspecified atom stereocenters. The molecule has 2 aromatic rings. The van der Waals surface area contributed by atoms with Crippen molar-refractivity contribution in [1.82, 2.24) is 14.7 Å². The number of carbonyl (C=O) groups excluding carboxylic acids is 2. The summed E-state index contributed by atoms with van der Waals surface area (Å²) in [5.74, 6) is -0.215. The summed E-state index contributed by atoms with van der Waals surface area (Å²) in [5.41, 5.74) is 3.69. The van der Waals surface area contributed by atoms with Gasteiger partial charge in [-0.15, -0.1) is 0 Å². The number of hydrogen-bond donors (Lipinski definition) is 0. The van der Waals surface area contributed by atoms with Crippen molar-refractivity contribution in [2.24, 2.45) is 0 Å². The molecular formula is C27H35N3O4. The summed E-state index contributed by atoms with van der Waals surface area (Å²) in [5, 5.41) is 0. The molecule has 2 atom stereocenters. The normalized spacial score (nSPS) is 21.9. The summed E-state index contributed by atoms with van der Waals surface area (Å²) in [4.78, 5) is 31.4. The molecule has 4 rings (SSSR count). The lowest BCUT2D eigenvalue weighted by Gasteiger charge is -2.44. The zero-order chi connectivity index (χ0) is 24.1. The fourth-order valence-corrected chi connectivity index (χ4v) is 4.99. The standard InChI is InChI=1S/C27H35N3O4/c1-20-16-28(18-22-7-9-24(10-8-22)27(32)33-3)17-21(2)30(20)19-23-5-4-6-25(15-23)26(31)29-11-13-34-14-12-29/h4-10,15,20-21H,11-14,16-19H2,1-3H3/t20-,21+. The van der Waals surface area contributed by atoms with Gasteiger partial charge in [0, 0.05) is 56.9 Å². The number of nitrogens with zero attached hydrogens (tertiary/aromatic N) is 3. The molecule has 0 bridgehead atoms. The Labute approximate surface area is 202 Å². The van der Waals surface area contributed by atoms with Crippen molar-refractivity contribution in [2.75, 3.05) is 46.5 Å². The number of piperazine rings is 1. The molecule has 0 N–H and O–H groups in total. The number of esters is 1. The molecular weight excluding hydrogens is 430 g/mol. The molecule has 0 radical (unpaired) electrons. The van der Waals surface area contributed by atoms with E-state index in [9.17, 15) is 9.59 Å². The monoisotopic (exact) mass is 465 g/mol. The predicted molar refractivity (Wildman–Crippen MR) is 131 cm³/mol. The molecule has 2 aromatic carbocycles. The summed E-state index contributed by atoms with van der Waals surface area (Å²) < 4.78 is 10.2. The van der Waals surface area contributed by atoms with Gasteiger partial charge in [-0.1, -0.05) is 24.3 Å². The van der Waals surface area contributed by atoms with Gasteiger partial charge < -0.3 is 14.4 Å². The summed E-state index contributed by atoms with van der Waals surface area (Å²) in [6, 6.07) is 16.5. The van der Waals surface area contributed by atoms with Crippen LogP contribution in [-0.4, -0.2) is 85.2 Å². The minimum atomic E-state index is -0.307. The van der Waals surface area contributed by atoms with Gasteiger partial charge in [0.15, 0.2) is 0 Å². The number of methoxy groups -OCH3 is 1. The Morgan fingerprint density at radius 2 is 1.59 bits per heavy atom. The first-order chi connectivity index (χ1) is 16.4. The van der Waals surface area contributed by atoms with E-state index in [-0.39, 0.29) is 11.9 Å². The molecule has 2 aliphatic rings. The molecule has 7 heteroatoms. The fourth-order valence-electron chi connectivity index (χ4n) is 4.99. The van der Waals surface area contributed by atoms with Gasteiger partial charge in [-0.2, -0.15) is 0 Å². The largest absolute Gasteiger partial charge is 0.465 e. The van der Waals surface area contributed by atoms with E-state index in [0.29, 0.717) is 44.0 Å². The van der Waals surface area contributed by atoms with Crippen LogP contribution in [0.15, 0.2) is 48.5 Å². The lowest BCUT2D eigenvalue weighted by Crippen LogP contribution is -2.55. The van der Waals surface area contributed by atoms with Crippen LogP contribution in [0.1, 0.15) is 45.7 Å². The van der Waals surface area contributed by atoms with E-state index >= 15 is 0 Å². The minimum Gasteiger partial charge on any atom is -0.465 e. The highest BCUT2D eigenvalue weighted by Crippen LogP contribution is 2.22. The van der Waals surface area contributed by atoms with Crippen molar-refractivity contribution in [1.29, 1.82) is 0 Å². The van der Waals surface area contributed by atoms with E-state index in [1.165, 1.54) is 18.2 Å². The van der Waals surface area contributed by atoms with Gasteiger partial charge in [0.1, 0.15) is 0 Å². The van der Waals surface area contributed by atoms with Crippen molar-refractivity contribution < 1.29 is 19.1 Å². The molecule has 7 nitrogen and oxygen atoms in total. The minimum absolute atomic E-state index is 0.0919. The van der Waals surface area contributed by atoms with Crippen molar-refractivity contribution in [3.63, 3.8) is 0 Å². The molecule has 0 aromatic heterocycles. The maximum Gasteiger partial charge on any atom is 0.337 e. The van der Waals surface area contributed by atoms with E-state index in [1.807, 2.05) is 47.4 Å².